The summed E-state index contributed by atoms with van der Waals surface area (Å²) >= 11 is 6.35. The third-order valence-corrected chi connectivity index (χ3v) is 5.88. The van der Waals surface area contributed by atoms with E-state index in [2.05, 4.69) is 14.9 Å². The van der Waals surface area contributed by atoms with Gasteiger partial charge in [-0.1, -0.05) is 17.7 Å². The van der Waals surface area contributed by atoms with Crippen LogP contribution in [-0.4, -0.2) is 48.4 Å². The molecule has 0 bridgehead atoms. The Morgan fingerprint density at radius 3 is 2.76 bits per heavy atom. The SMILES string of the molecule is Cc1cccnc1-c1cc(N2CC[C@H](C)N([SH](=O)=O)CC2)ncc1Cl. The van der Waals surface area contributed by atoms with E-state index in [1.807, 2.05) is 32.0 Å². The van der Waals surface area contributed by atoms with Crippen LogP contribution in [0.2, 0.25) is 5.02 Å². The molecular formula is C17H21ClN4O2S. The van der Waals surface area contributed by atoms with Crippen LogP contribution in [0.25, 0.3) is 11.3 Å². The summed E-state index contributed by atoms with van der Waals surface area (Å²) in [4.78, 5) is 11.0. The van der Waals surface area contributed by atoms with Crippen molar-refractivity contribution in [2.75, 3.05) is 24.5 Å². The van der Waals surface area contributed by atoms with Crippen LogP contribution in [0, 0.1) is 6.92 Å². The molecule has 3 rings (SSSR count). The quantitative estimate of drug-likeness (QED) is 0.829. The van der Waals surface area contributed by atoms with Crippen LogP contribution in [-0.2, 0) is 10.9 Å². The van der Waals surface area contributed by atoms with E-state index in [9.17, 15) is 8.42 Å². The normalized spacial score (nSPS) is 19.2. The topological polar surface area (TPSA) is 66.4 Å². The number of anilines is 1. The molecule has 6 nitrogen and oxygen atoms in total. The highest BCUT2D eigenvalue weighted by Crippen LogP contribution is 2.31. The van der Waals surface area contributed by atoms with Crippen LogP contribution in [0.5, 0.6) is 0 Å². The third-order valence-electron chi connectivity index (χ3n) is 4.56. The first-order chi connectivity index (χ1) is 12.0. The van der Waals surface area contributed by atoms with Gasteiger partial charge in [0.1, 0.15) is 5.82 Å². The number of rotatable bonds is 3. The fourth-order valence-corrected chi connectivity index (χ4v) is 3.95. The van der Waals surface area contributed by atoms with E-state index < -0.39 is 10.9 Å². The number of pyridine rings is 2. The lowest BCUT2D eigenvalue weighted by Gasteiger charge is -2.22. The van der Waals surface area contributed by atoms with Gasteiger partial charge < -0.3 is 4.90 Å². The molecule has 2 aromatic heterocycles. The zero-order valence-electron chi connectivity index (χ0n) is 14.2. The van der Waals surface area contributed by atoms with Gasteiger partial charge in [0.15, 0.2) is 0 Å². The summed E-state index contributed by atoms with van der Waals surface area (Å²) < 4.78 is 24.3. The molecule has 134 valence electrons. The molecule has 0 radical (unpaired) electrons. The van der Waals surface area contributed by atoms with Crippen molar-refractivity contribution in [3.05, 3.63) is 41.2 Å². The molecular weight excluding hydrogens is 360 g/mol. The molecule has 1 atom stereocenters. The van der Waals surface area contributed by atoms with Crippen molar-refractivity contribution >= 4 is 28.3 Å². The fourth-order valence-electron chi connectivity index (χ4n) is 3.07. The Labute approximate surface area is 154 Å². The zero-order valence-corrected chi connectivity index (χ0v) is 15.9. The maximum Gasteiger partial charge on any atom is 0.204 e. The fraction of sp³-hybridized carbons (Fsp3) is 0.412. The average molecular weight is 381 g/mol. The van der Waals surface area contributed by atoms with Gasteiger partial charge in [0.2, 0.25) is 10.9 Å². The predicted molar refractivity (Wildman–Crippen MR) is 101 cm³/mol. The van der Waals surface area contributed by atoms with Gasteiger partial charge in [0, 0.05) is 43.6 Å². The van der Waals surface area contributed by atoms with E-state index >= 15 is 0 Å². The summed E-state index contributed by atoms with van der Waals surface area (Å²) in [5, 5.41) is 0.554. The van der Waals surface area contributed by atoms with E-state index in [-0.39, 0.29) is 6.04 Å². The minimum atomic E-state index is -2.56. The lowest BCUT2D eigenvalue weighted by atomic mass is 10.1. The minimum Gasteiger partial charge on any atom is -0.355 e. The van der Waals surface area contributed by atoms with E-state index in [0.717, 1.165) is 35.6 Å². The molecule has 0 saturated carbocycles. The van der Waals surface area contributed by atoms with Gasteiger partial charge >= 0.3 is 0 Å². The van der Waals surface area contributed by atoms with Crippen LogP contribution in [0.1, 0.15) is 18.9 Å². The monoisotopic (exact) mass is 380 g/mol. The lowest BCUT2D eigenvalue weighted by molar-refractivity contribution is 0.361. The van der Waals surface area contributed by atoms with Gasteiger partial charge in [0.25, 0.3) is 0 Å². The smallest absolute Gasteiger partial charge is 0.204 e. The van der Waals surface area contributed by atoms with Gasteiger partial charge in [-0.05, 0) is 38.0 Å². The number of nitrogens with zero attached hydrogens (tertiary/aromatic N) is 4. The van der Waals surface area contributed by atoms with Crippen molar-refractivity contribution in [3.8, 4) is 11.3 Å². The van der Waals surface area contributed by atoms with E-state index in [4.69, 9.17) is 11.6 Å². The van der Waals surface area contributed by atoms with E-state index in [1.165, 1.54) is 4.31 Å². The molecule has 1 fully saturated rings. The number of hydrogen-bond donors (Lipinski definition) is 1. The second kappa shape index (κ2) is 7.68. The van der Waals surface area contributed by atoms with Gasteiger partial charge in [-0.15, -0.1) is 0 Å². The molecule has 0 aliphatic carbocycles. The third kappa shape index (κ3) is 3.94. The highest BCUT2D eigenvalue weighted by atomic mass is 35.5. The number of halogens is 1. The highest BCUT2D eigenvalue weighted by Gasteiger charge is 2.23. The van der Waals surface area contributed by atoms with E-state index in [0.29, 0.717) is 18.1 Å². The van der Waals surface area contributed by atoms with Gasteiger partial charge in [-0.25, -0.2) is 13.4 Å². The number of hydrogen-bond acceptors (Lipinski definition) is 5. The standard InChI is InChI=1S/C17H21ClN4O2S/c1-12-4-3-6-19-17(12)14-10-16(20-11-15(14)18)21-7-5-13(2)22(9-8-21)25(23)24/h3-4,6,10-11,13,25H,5,7-9H2,1-2H3/t13-/m0/s1. The lowest BCUT2D eigenvalue weighted by Crippen LogP contribution is -2.33. The first-order valence-electron chi connectivity index (χ1n) is 8.21. The Bertz CT molecular complexity index is 835. The van der Waals surface area contributed by atoms with Crippen LogP contribution in [0.3, 0.4) is 0 Å². The predicted octanol–water partition coefficient (Wildman–Crippen LogP) is 2.53. The summed E-state index contributed by atoms with van der Waals surface area (Å²) in [6, 6.07) is 5.82. The Balaban J connectivity index is 1.91. The number of thiol groups is 1. The summed E-state index contributed by atoms with van der Waals surface area (Å²) in [5.74, 6) is 0.791. The Hall–Kier alpha value is -1.70. The second-order valence-electron chi connectivity index (χ2n) is 6.22. The molecule has 0 N–H and O–H groups in total. The Morgan fingerprint density at radius 1 is 1.24 bits per heavy atom. The van der Waals surface area contributed by atoms with Crippen molar-refractivity contribution in [1.82, 2.24) is 14.3 Å². The maximum atomic E-state index is 11.4. The van der Waals surface area contributed by atoms with E-state index in [1.54, 1.807) is 12.4 Å². The molecule has 3 heterocycles. The number of aromatic nitrogens is 2. The van der Waals surface area contributed by atoms with Crippen molar-refractivity contribution < 1.29 is 8.42 Å². The van der Waals surface area contributed by atoms with Crippen LogP contribution in [0.4, 0.5) is 5.82 Å². The molecule has 0 aromatic carbocycles. The minimum absolute atomic E-state index is 0.00378. The van der Waals surface area contributed by atoms with Gasteiger partial charge in [-0.3, -0.25) is 4.98 Å². The van der Waals surface area contributed by atoms with Crippen LogP contribution in [0.15, 0.2) is 30.6 Å². The van der Waals surface area contributed by atoms with Crippen LogP contribution < -0.4 is 4.90 Å². The summed E-state index contributed by atoms with van der Waals surface area (Å²) in [6.45, 7) is 5.74. The van der Waals surface area contributed by atoms with Crippen molar-refractivity contribution in [3.63, 3.8) is 0 Å². The largest absolute Gasteiger partial charge is 0.355 e. The molecule has 25 heavy (non-hydrogen) atoms. The first kappa shape index (κ1) is 18.1. The number of aryl methyl sites for hydroxylation is 1. The molecule has 2 aromatic rings. The van der Waals surface area contributed by atoms with Crippen LogP contribution >= 0.6 is 11.6 Å². The second-order valence-corrected chi connectivity index (χ2v) is 7.61. The molecule has 1 aliphatic rings. The molecule has 0 amide bonds. The molecule has 1 aliphatic heterocycles. The summed E-state index contributed by atoms with van der Waals surface area (Å²) in [5.41, 5.74) is 2.72. The molecule has 0 spiro atoms. The average Bonchev–Trinajstić information content (AvgIpc) is 2.78. The maximum absolute atomic E-state index is 11.4. The van der Waals surface area contributed by atoms with Crippen molar-refractivity contribution in [1.29, 1.82) is 0 Å². The first-order valence-corrected chi connectivity index (χ1v) is 9.71. The van der Waals surface area contributed by atoms with Gasteiger partial charge in [-0.2, -0.15) is 4.31 Å². The van der Waals surface area contributed by atoms with Crippen molar-refractivity contribution in [2.45, 2.75) is 26.3 Å². The Kier molecular flexibility index (Phi) is 5.56. The Morgan fingerprint density at radius 2 is 2.04 bits per heavy atom. The zero-order chi connectivity index (χ0) is 18.0. The molecule has 1 saturated heterocycles. The highest BCUT2D eigenvalue weighted by molar-refractivity contribution is 7.69. The summed E-state index contributed by atoms with van der Waals surface area (Å²) in [7, 11) is -2.56. The van der Waals surface area contributed by atoms with Crippen molar-refractivity contribution in [2.24, 2.45) is 0 Å². The van der Waals surface area contributed by atoms with Gasteiger partial charge in [0.05, 0.1) is 10.7 Å². The molecule has 0 unspecified atom stereocenters. The summed E-state index contributed by atoms with van der Waals surface area (Å²) in [6.07, 6.45) is 4.14. The molecule has 8 heteroatoms.